The van der Waals surface area contributed by atoms with Crippen molar-refractivity contribution in [3.63, 3.8) is 0 Å². The lowest BCUT2D eigenvalue weighted by Gasteiger charge is -2.07. The molecule has 0 saturated heterocycles. The molecule has 0 atom stereocenters. The molecule has 0 saturated carbocycles. The lowest BCUT2D eigenvalue weighted by Crippen LogP contribution is -2.03. The molecule has 0 spiro atoms. The third-order valence-corrected chi connectivity index (χ3v) is 3.44. The first-order valence-corrected chi connectivity index (χ1v) is 6.12. The van der Waals surface area contributed by atoms with Crippen molar-refractivity contribution >= 4 is 17.7 Å². The van der Waals surface area contributed by atoms with E-state index in [2.05, 4.69) is 4.98 Å². The molecule has 2 aromatic rings. The zero-order valence-corrected chi connectivity index (χ0v) is 10.7. The van der Waals surface area contributed by atoms with Crippen molar-refractivity contribution in [2.45, 2.75) is 16.8 Å². The quantitative estimate of drug-likeness (QED) is 0.935. The monoisotopic (exact) mass is 281 g/mol. The van der Waals surface area contributed by atoms with E-state index >= 15 is 0 Å². The van der Waals surface area contributed by atoms with Crippen molar-refractivity contribution in [1.29, 1.82) is 0 Å². The summed E-state index contributed by atoms with van der Waals surface area (Å²) in [5.41, 5.74) is 0.629. The van der Waals surface area contributed by atoms with Crippen LogP contribution < -0.4 is 0 Å². The van der Waals surface area contributed by atoms with Gasteiger partial charge in [-0.15, -0.1) is 0 Å². The van der Waals surface area contributed by atoms with Gasteiger partial charge < -0.3 is 5.11 Å². The molecule has 0 aliphatic heterocycles. The number of carboxylic acid groups (broad SMARTS) is 1. The van der Waals surface area contributed by atoms with Gasteiger partial charge in [-0.1, -0.05) is 11.8 Å². The molecule has 98 valence electrons. The van der Waals surface area contributed by atoms with E-state index in [0.29, 0.717) is 10.5 Å². The fourth-order valence-corrected chi connectivity index (χ4v) is 2.51. The van der Waals surface area contributed by atoms with Crippen LogP contribution in [0.5, 0.6) is 0 Å². The van der Waals surface area contributed by atoms with E-state index < -0.39 is 17.6 Å². The van der Waals surface area contributed by atoms with E-state index in [0.717, 1.165) is 23.9 Å². The number of hydrogen-bond donors (Lipinski definition) is 1. The maximum atomic E-state index is 13.1. The molecule has 6 heteroatoms. The maximum Gasteiger partial charge on any atom is 0.338 e. The number of rotatable bonds is 3. The largest absolute Gasteiger partial charge is 0.478 e. The predicted molar refractivity (Wildman–Crippen MR) is 66.4 cm³/mol. The average molecular weight is 281 g/mol. The molecule has 1 aromatic carbocycles. The summed E-state index contributed by atoms with van der Waals surface area (Å²) in [5.74, 6) is -3.02. The topological polar surface area (TPSA) is 50.2 Å². The van der Waals surface area contributed by atoms with Gasteiger partial charge in [0.15, 0.2) is 11.6 Å². The Morgan fingerprint density at radius 1 is 1.26 bits per heavy atom. The summed E-state index contributed by atoms with van der Waals surface area (Å²) in [6, 6.07) is 4.96. The highest BCUT2D eigenvalue weighted by atomic mass is 32.2. The van der Waals surface area contributed by atoms with Crippen molar-refractivity contribution in [3.8, 4) is 0 Å². The van der Waals surface area contributed by atoms with Crippen molar-refractivity contribution in [3.05, 3.63) is 53.2 Å². The third-order valence-electron chi connectivity index (χ3n) is 2.44. The van der Waals surface area contributed by atoms with E-state index in [-0.39, 0.29) is 10.6 Å². The Kier molecular flexibility index (Phi) is 3.80. The molecule has 0 amide bonds. The second kappa shape index (κ2) is 5.36. The van der Waals surface area contributed by atoms with Crippen molar-refractivity contribution in [2.75, 3.05) is 0 Å². The van der Waals surface area contributed by atoms with Crippen molar-refractivity contribution < 1.29 is 18.7 Å². The molecular formula is C13H9F2NO2S. The van der Waals surface area contributed by atoms with Crippen molar-refractivity contribution in [1.82, 2.24) is 4.98 Å². The van der Waals surface area contributed by atoms with Gasteiger partial charge in [-0.05, 0) is 36.8 Å². The Labute approximate surface area is 112 Å². The maximum absolute atomic E-state index is 13.1. The van der Waals surface area contributed by atoms with Crippen LogP contribution in [0.4, 0.5) is 8.78 Å². The first-order chi connectivity index (χ1) is 8.99. The van der Waals surface area contributed by atoms with Crippen LogP contribution in [0.1, 0.15) is 15.9 Å². The molecule has 0 fully saturated rings. The smallest absolute Gasteiger partial charge is 0.338 e. The second-order valence-electron chi connectivity index (χ2n) is 3.79. The predicted octanol–water partition coefficient (Wildman–Crippen LogP) is 3.52. The fourth-order valence-electron chi connectivity index (χ4n) is 1.52. The molecule has 19 heavy (non-hydrogen) atoms. The Morgan fingerprint density at radius 2 is 2.00 bits per heavy atom. The highest BCUT2D eigenvalue weighted by molar-refractivity contribution is 7.99. The summed E-state index contributed by atoms with van der Waals surface area (Å²) < 4.78 is 25.9. The first kappa shape index (κ1) is 13.5. The van der Waals surface area contributed by atoms with Crippen LogP contribution in [0.3, 0.4) is 0 Å². The van der Waals surface area contributed by atoms with Crippen LogP contribution >= 0.6 is 11.8 Å². The van der Waals surface area contributed by atoms with Crippen molar-refractivity contribution in [2.24, 2.45) is 0 Å². The lowest BCUT2D eigenvalue weighted by atomic mass is 10.2. The van der Waals surface area contributed by atoms with Gasteiger partial charge in [0, 0.05) is 11.1 Å². The van der Waals surface area contributed by atoms with Crippen LogP contribution in [0.15, 0.2) is 40.4 Å². The average Bonchev–Trinajstić information content (AvgIpc) is 2.33. The van der Waals surface area contributed by atoms with Gasteiger partial charge in [0.2, 0.25) is 0 Å². The summed E-state index contributed by atoms with van der Waals surface area (Å²) in [4.78, 5) is 15.5. The zero-order chi connectivity index (χ0) is 14.0. The molecule has 0 aliphatic rings. The van der Waals surface area contributed by atoms with Gasteiger partial charge >= 0.3 is 5.97 Å². The van der Waals surface area contributed by atoms with E-state index in [1.165, 1.54) is 12.3 Å². The minimum Gasteiger partial charge on any atom is -0.478 e. The molecule has 3 nitrogen and oxygen atoms in total. The minimum atomic E-state index is -1.10. The highest BCUT2D eigenvalue weighted by Crippen LogP contribution is 2.30. The molecule has 0 radical (unpaired) electrons. The zero-order valence-electron chi connectivity index (χ0n) is 9.85. The Bertz CT molecular complexity index is 647. The van der Waals surface area contributed by atoms with Gasteiger partial charge in [0.25, 0.3) is 0 Å². The number of carboxylic acids is 1. The van der Waals surface area contributed by atoms with E-state index in [4.69, 9.17) is 5.11 Å². The fraction of sp³-hybridized carbons (Fsp3) is 0.0769. The van der Waals surface area contributed by atoms with Crippen LogP contribution in [0.25, 0.3) is 0 Å². The molecule has 0 aliphatic carbocycles. The SMILES string of the molecule is Cc1ccnc(Sc2ccc(F)c(F)c2)c1C(=O)O. The van der Waals surface area contributed by atoms with Crippen LogP contribution in [0.2, 0.25) is 0 Å². The lowest BCUT2D eigenvalue weighted by molar-refractivity contribution is 0.0691. The number of benzene rings is 1. The number of pyridine rings is 1. The van der Waals surface area contributed by atoms with Crippen LogP contribution in [-0.4, -0.2) is 16.1 Å². The third kappa shape index (κ3) is 2.90. The van der Waals surface area contributed by atoms with E-state index in [1.54, 1.807) is 13.0 Å². The van der Waals surface area contributed by atoms with E-state index in [9.17, 15) is 13.6 Å². The summed E-state index contributed by atoms with van der Waals surface area (Å²) in [6.45, 7) is 1.65. The standard InChI is InChI=1S/C13H9F2NO2S/c1-7-4-5-16-12(11(7)13(17)18)19-8-2-3-9(14)10(15)6-8/h2-6H,1H3,(H,17,18). The van der Waals surface area contributed by atoms with Crippen LogP contribution in [-0.2, 0) is 0 Å². The Balaban J connectivity index is 2.40. The molecule has 1 N–H and O–H groups in total. The summed E-state index contributed by atoms with van der Waals surface area (Å²) in [6.07, 6.45) is 1.48. The molecule has 1 aromatic heterocycles. The van der Waals surface area contributed by atoms with Gasteiger partial charge in [-0.25, -0.2) is 18.6 Å². The molecule has 0 unspecified atom stereocenters. The molecule has 2 rings (SSSR count). The summed E-state index contributed by atoms with van der Waals surface area (Å²) in [5, 5.41) is 9.38. The van der Waals surface area contributed by atoms with Gasteiger partial charge in [-0.2, -0.15) is 0 Å². The van der Waals surface area contributed by atoms with Gasteiger partial charge in [-0.3, -0.25) is 0 Å². The van der Waals surface area contributed by atoms with Gasteiger partial charge in [0.05, 0.1) is 5.56 Å². The number of hydrogen-bond acceptors (Lipinski definition) is 3. The minimum absolute atomic E-state index is 0.0669. The number of carbonyl (C=O) groups is 1. The molecule has 1 heterocycles. The number of halogens is 2. The Hall–Kier alpha value is -1.95. The number of aromatic nitrogens is 1. The number of nitrogens with zero attached hydrogens (tertiary/aromatic N) is 1. The summed E-state index contributed by atoms with van der Waals surface area (Å²) >= 11 is 0.981. The van der Waals surface area contributed by atoms with Gasteiger partial charge in [0.1, 0.15) is 5.03 Å². The normalized spacial score (nSPS) is 10.5. The first-order valence-electron chi connectivity index (χ1n) is 5.31. The number of aryl methyl sites for hydroxylation is 1. The van der Waals surface area contributed by atoms with Crippen LogP contribution in [0, 0.1) is 18.6 Å². The number of aromatic carboxylic acids is 1. The summed E-state index contributed by atoms with van der Waals surface area (Å²) in [7, 11) is 0. The Morgan fingerprint density at radius 3 is 2.63 bits per heavy atom. The van der Waals surface area contributed by atoms with E-state index in [1.807, 2.05) is 0 Å². The highest BCUT2D eigenvalue weighted by Gasteiger charge is 2.16. The second-order valence-corrected chi connectivity index (χ2v) is 4.85. The molecular weight excluding hydrogens is 272 g/mol. The molecule has 0 bridgehead atoms.